The van der Waals surface area contributed by atoms with Crippen LogP contribution in [0.25, 0.3) is 0 Å². The topological polar surface area (TPSA) is 56.8 Å². The molecule has 0 atom stereocenters. The van der Waals surface area contributed by atoms with E-state index in [0.717, 1.165) is 43.2 Å². The minimum absolute atomic E-state index is 0.215. The summed E-state index contributed by atoms with van der Waals surface area (Å²) in [7, 11) is 3.78. The van der Waals surface area contributed by atoms with Crippen molar-refractivity contribution in [3.8, 4) is 5.75 Å². The van der Waals surface area contributed by atoms with Gasteiger partial charge in [0.1, 0.15) is 5.75 Å². The van der Waals surface area contributed by atoms with Crippen molar-refractivity contribution in [2.24, 2.45) is 0 Å². The molecule has 26 heavy (non-hydrogen) atoms. The summed E-state index contributed by atoms with van der Waals surface area (Å²) in [4.78, 5) is 16.8. The number of nitrogens with one attached hydrogen (secondary N) is 2. The molecule has 138 valence electrons. The van der Waals surface area contributed by atoms with E-state index in [4.69, 9.17) is 4.74 Å². The molecule has 1 aliphatic rings. The van der Waals surface area contributed by atoms with E-state index < -0.39 is 0 Å². The normalized spacial score (nSPS) is 14.8. The van der Waals surface area contributed by atoms with Gasteiger partial charge < -0.3 is 25.2 Å². The lowest BCUT2D eigenvalue weighted by molar-refractivity contribution is 0.251. The molecule has 2 amide bonds. The van der Waals surface area contributed by atoms with Crippen molar-refractivity contribution in [3.63, 3.8) is 0 Å². The lowest BCUT2D eigenvalue weighted by Gasteiger charge is -2.34. The average molecular weight is 354 g/mol. The summed E-state index contributed by atoms with van der Waals surface area (Å²) in [5.74, 6) is 0.804. The molecule has 3 rings (SSSR count). The Kier molecular flexibility index (Phi) is 5.96. The highest BCUT2D eigenvalue weighted by Gasteiger charge is 2.14. The first-order valence-electron chi connectivity index (χ1n) is 8.85. The second-order valence-corrected chi connectivity index (χ2v) is 6.49. The van der Waals surface area contributed by atoms with Gasteiger partial charge in [-0.05, 0) is 49.0 Å². The zero-order chi connectivity index (χ0) is 18.4. The Labute approximate surface area is 154 Å². The number of ether oxygens (including phenoxy) is 1. The van der Waals surface area contributed by atoms with E-state index in [0.29, 0.717) is 6.54 Å². The van der Waals surface area contributed by atoms with Gasteiger partial charge in [0.05, 0.1) is 7.11 Å². The number of hydrogen-bond donors (Lipinski definition) is 2. The van der Waals surface area contributed by atoms with Gasteiger partial charge >= 0.3 is 6.03 Å². The Bertz CT molecular complexity index is 708. The van der Waals surface area contributed by atoms with Crippen LogP contribution in [-0.2, 0) is 6.54 Å². The highest BCUT2D eigenvalue weighted by Crippen LogP contribution is 2.19. The van der Waals surface area contributed by atoms with Gasteiger partial charge in [-0.15, -0.1) is 0 Å². The van der Waals surface area contributed by atoms with Gasteiger partial charge in [0, 0.05) is 44.1 Å². The molecule has 1 fully saturated rings. The third-order valence-electron chi connectivity index (χ3n) is 4.61. The first-order chi connectivity index (χ1) is 12.6. The first-order valence-corrected chi connectivity index (χ1v) is 8.85. The number of carbonyl (C=O) groups excluding carboxylic acids is 1. The Morgan fingerprint density at radius 2 is 1.65 bits per heavy atom. The summed E-state index contributed by atoms with van der Waals surface area (Å²) in [5.41, 5.74) is 3.00. The number of methoxy groups -OCH3 is 1. The number of amides is 2. The molecule has 1 saturated heterocycles. The summed E-state index contributed by atoms with van der Waals surface area (Å²) < 4.78 is 5.13. The van der Waals surface area contributed by atoms with E-state index in [-0.39, 0.29) is 6.03 Å². The number of rotatable bonds is 5. The minimum atomic E-state index is -0.215. The highest BCUT2D eigenvalue weighted by molar-refractivity contribution is 5.89. The zero-order valence-electron chi connectivity index (χ0n) is 15.4. The van der Waals surface area contributed by atoms with E-state index in [1.165, 1.54) is 5.69 Å². The average Bonchev–Trinajstić information content (AvgIpc) is 2.68. The maximum Gasteiger partial charge on any atom is 0.319 e. The molecule has 1 heterocycles. The van der Waals surface area contributed by atoms with Crippen LogP contribution in [0.5, 0.6) is 5.75 Å². The fourth-order valence-electron chi connectivity index (χ4n) is 2.92. The van der Waals surface area contributed by atoms with Crippen LogP contribution in [0.2, 0.25) is 0 Å². The molecular weight excluding hydrogens is 328 g/mol. The molecule has 6 heteroatoms. The lowest BCUT2D eigenvalue weighted by atomic mass is 10.2. The third kappa shape index (κ3) is 4.89. The second-order valence-electron chi connectivity index (χ2n) is 6.49. The zero-order valence-corrected chi connectivity index (χ0v) is 15.4. The maximum absolute atomic E-state index is 12.1. The molecule has 6 nitrogen and oxygen atoms in total. The summed E-state index contributed by atoms with van der Waals surface area (Å²) in [6.45, 7) is 4.69. The quantitative estimate of drug-likeness (QED) is 0.867. The summed E-state index contributed by atoms with van der Waals surface area (Å²) in [6.07, 6.45) is 0. The van der Waals surface area contributed by atoms with Crippen LogP contribution in [0, 0.1) is 0 Å². The van der Waals surface area contributed by atoms with Crippen LogP contribution in [0.3, 0.4) is 0 Å². The van der Waals surface area contributed by atoms with Crippen molar-refractivity contribution in [2.75, 3.05) is 50.6 Å². The molecule has 0 aromatic heterocycles. The van der Waals surface area contributed by atoms with Crippen molar-refractivity contribution in [1.29, 1.82) is 0 Å². The summed E-state index contributed by atoms with van der Waals surface area (Å²) >= 11 is 0. The molecule has 2 aromatic rings. The van der Waals surface area contributed by atoms with Crippen molar-refractivity contribution < 1.29 is 9.53 Å². The van der Waals surface area contributed by atoms with E-state index in [1.54, 1.807) is 7.11 Å². The van der Waals surface area contributed by atoms with Gasteiger partial charge in [-0.25, -0.2) is 4.79 Å². The molecule has 0 spiro atoms. The molecule has 2 aromatic carbocycles. The summed E-state index contributed by atoms with van der Waals surface area (Å²) in [6, 6.07) is 15.4. The van der Waals surface area contributed by atoms with Crippen molar-refractivity contribution in [1.82, 2.24) is 10.2 Å². The van der Waals surface area contributed by atoms with Crippen LogP contribution in [0.1, 0.15) is 5.56 Å². The standard InChI is InChI=1S/C20H26N4O2/c1-23-11-13-24(14-12-23)18-7-5-17(6-8-18)22-20(25)21-15-16-3-9-19(26-2)10-4-16/h3-10H,11-15H2,1-2H3,(H2,21,22,25). The van der Waals surface area contributed by atoms with Crippen molar-refractivity contribution in [3.05, 3.63) is 54.1 Å². The van der Waals surface area contributed by atoms with E-state index >= 15 is 0 Å². The predicted molar refractivity (Wildman–Crippen MR) is 105 cm³/mol. The minimum Gasteiger partial charge on any atom is -0.497 e. The maximum atomic E-state index is 12.1. The third-order valence-corrected chi connectivity index (χ3v) is 4.61. The Hall–Kier alpha value is -2.73. The fraction of sp³-hybridized carbons (Fsp3) is 0.350. The van der Waals surface area contributed by atoms with Crippen LogP contribution >= 0.6 is 0 Å². The molecule has 1 aliphatic heterocycles. The fourth-order valence-corrected chi connectivity index (χ4v) is 2.92. The van der Waals surface area contributed by atoms with Crippen molar-refractivity contribution in [2.45, 2.75) is 6.54 Å². The Balaban J connectivity index is 1.47. The number of benzene rings is 2. The van der Waals surface area contributed by atoms with Gasteiger partial charge in [-0.2, -0.15) is 0 Å². The molecule has 0 unspecified atom stereocenters. The highest BCUT2D eigenvalue weighted by atomic mass is 16.5. The van der Waals surface area contributed by atoms with Crippen LogP contribution in [-0.4, -0.2) is 51.3 Å². The van der Waals surface area contributed by atoms with Gasteiger partial charge in [0.2, 0.25) is 0 Å². The molecule has 0 radical (unpaired) electrons. The number of carbonyl (C=O) groups is 1. The van der Waals surface area contributed by atoms with Crippen LogP contribution in [0.15, 0.2) is 48.5 Å². The molecule has 0 bridgehead atoms. The van der Waals surface area contributed by atoms with Crippen LogP contribution < -0.4 is 20.3 Å². The molecule has 0 saturated carbocycles. The predicted octanol–water partition coefficient (Wildman–Crippen LogP) is 2.77. The first kappa shape index (κ1) is 18.1. The largest absolute Gasteiger partial charge is 0.497 e. The SMILES string of the molecule is COc1ccc(CNC(=O)Nc2ccc(N3CCN(C)CC3)cc2)cc1. The number of nitrogens with zero attached hydrogens (tertiary/aromatic N) is 2. The monoisotopic (exact) mass is 354 g/mol. The number of anilines is 2. The smallest absolute Gasteiger partial charge is 0.319 e. The van der Waals surface area contributed by atoms with Gasteiger partial charge in [0.15, 0.2) is 0 Å². The lowest BCUT2D eigenvalue weighted by Crippen LogP contribution is -2.44. The Morgan fingerprint density at radius 3 is 2.27 bits per heavy atom. The van der Waals surface area contributed by atoms with Crippen LogP contribution in [0.4, 0.5) is 16.2 Å². The second kappa shape index (κ2) is 8.58. The molecule has 0 aliphatic carbocycles. The number of piperazine rings is 1. The number of hydrogen-bond acceptors (Lipinski definition) is 4. The van der Waals surface area contributed by atoms with E-state index in [1.807, 2.05) is 36.4 Å². The van der Waals surface area contributed by atoms with Gasteiger partial charge in [0.25, 0.3) is 0 Å². The number of urea groups is 1. The molecule has 2 N–H and O–H groups in total. The molecular formula is C20H26N4O2. The van der Waals surface area contributed by atoms with Gasteiger partial charge in [-0.1, -0.05) is 12.1 Å². The summed E-state index contributed by atoms with van der Waals surface area (Å²) in [5, 5.41) is 5.73. The van der Waals surface area contributed by atoms with E-state index in [2.05, 4.69) is 39.6 Å². The van der Waals surface area contributed by atoms with E-state index in [9.17, 15) is 4.79 Å². The van der Waals surface area contributed by atoms with Gasteiger partial charge in [-0.3, -0.25) is 0 Å². The van der Waals surface area contributed by atoms with Crippen molar-refractivity contribution >= 4 is 17.4 Å². The number of likely N-dealkylation sites (N-methyl/N-ethyl adjacent to an activating group) is 1. The Morgan fingerprint density at radius 1 is 1.00 bits per heavy atom.